The summed E-state index contributed by atoms with van der Waals surface area (Å²) in [6.45, 7) is 6.07. The van der Waals surface area contributed by atoms with E-state index in [1.807, 2.05) is 19.1 Å². The van der Waals surface area contributed by atoms with Crippen molar-refractivity contribution in [1.82, 2.24) is 5.32 Å². The molecular formula is C14H20N2O. The number of nitrogens with one attached hydrogen (secondary N) is 1. The Labute approximate surface area is 102 Å². The molecule has 3 heteroatoms. The van der Waals surface area contributed by atoms with Crippen molar-refractivity contribution >= 4 is 11.6 Å². The normalized spacial score (nSPS) is 15.7. The number of benzene rings is 1. The van der Waals surface area contributed by atoms with E-state index in [4.69, 9.17) is 5.73 Å². The molecule has 0 aliphatic heterocycles. The van der Waals surface area contributed by atoms with Gasteiger partial charge in [0.1, 0.15) is 0 Å². The Bertz CT molecular complexity index is 427. The summed E-state index contributed by atoms with van der Waals surface area (Å²) in [7, 11) is 0. The molecular weight excluding hydrogens is 212 g/mol. The van der Waals surface area contributed by atoms with Crippen LogP contribution in [0.3, 0.4) is 0 Å². The highest BCUT2D eigenvalue weighted by Crippen LogP contribution is 2.39. The van der Waals surface area contributed by atoms with Crippen LogP contribution in [0.15, 0.2) is 18.2 Å². The molecule has 1 aromatic carbocycles. The van der Waals surface area contributed by atoms with Gasteiger partial charge in [-0.1, -0.05) is 12.1 Å². The molecule has 1 fully saturated rings. The summed E-state index contributed by atoms with van der Waals surface area (Å²) < 4.78 is 0. The third-order valence-corrected chi connectivity index (χ3v) is 3.57. The van der Waals surface area contributed by atoms with Gasteiger partial charge in [0.25, 0.3) is 5.91 Å². The Kier molecular flexibility index (Phi) is 2.86. The van der Waals surface area contributed by atoms with Crippen molar-refractivity contribution in [3.63, 3.8) is 0 Å². The number of amides is 1. The van der Waals surface area contributed by atoms with Gasteiger partial charge in [-0.05, 0) is 51.2 Å². The minimum atomic E-state index is -0.133. The van der Waals surface area contributed by atoms with Crippen molar-refractivity contribution in [2.75, 3.05) is 5.73 Å². The molecule has 0 atom stereocenters. The van der Waals surface area contributed by atoms with Crippen LogP contribution in [0.2, 0.25) is 0 Å². The minimum absolute atomic E-state index is 0.0579. The van der Waals surface area contributed by atoms with Crippen molar-refractivity contribution in [3.05, 3.63) is 29.3 Å². The van der Waals surface area contributed by atoms with E-state index in [1.54, 1.807) is 6.07 Å². The second-order valence-corrected chi connectivity index (χ2v) is 5.49. The van der Waals surface area contributed by atoms with Gasteiger partial charge in [-0.3, -0.25) is 4.79 Å². The molecule has 3 nitrogen and oxygen atoms in total. The lowest BCUT2D eigenvalue weighted by Gasteiger charge is -2.26. The number of hydrogen-bond donors (Lipinski definition) is 2. The van der Waals surface area contributed by atoms with Crippen LogP contribution in [0.25, 0.3) is 0 Å². The van der Waals surface area contributed by atoms with Crippen molar-refractivity contribution in [3.8, 4) is 0 Å². The molecule has 0 bridgehead atoms. The summed E-state index contributed by atoms with van der Waals surface area (Å²) in [5.74, 6) is 0.550. The maximum Gasteiger partial charge on any atom is 0.254 e. The van der Waals surface area contributed by atoms with Gasteiger partial charge in [0, 0.05) is 11.2 Å². The molecule has 92 valence electrons. The highest BCUT2D eigenvalue weighted by molar-refractivity contribution is 6.00. The summed E-state index contributed by atoms with van der Waals surface area (Å²) in [5, 5.41) is 3.10. The van der Waals surface area contributed by atoms with E-state index in [1.165, 1.54) is 12.8 Å². The van der Waals surface area contributed by atoms with Crippen LogP contribution in [0.4, 0.5) is 5.69 Å². The number of nitrogen functional groups attached to an aromatic ring is 1. The topological polar surface area (TPSA) is 55.1 Å². The first-order valence-electron chi connectivity index (χ1n) is 6.09. The van der Waals surface area contributed by atoms with Gasteiger partial charge in [-0.2, -0.15) is 0 Å². The number of hydrogen-bond acceptors (Lipinski definition) is 2. The molecule has 0 spiro atoms. The lowest BCUT2D eigenvalue weighted by molar-refractivity contribution is 0.0903. The fourth-order valence-corrected chi connectivity index (χ4v) is 2.26. The molecule has 3 N–H and O–H groups in total. The summed E-state index contributed by atoms with van der Waals surface area (Å²) in [6, 6.07) is 5.55. The number of aryl methyl sites for hydroxylation is 1. The highest BCUT2D eigenvalue weighted by atomic mass is 16.1. The zero-order chi connectivity index (χ0) is 12.6. The molecule has 17 heavy (non-hydrogen) atoms. The smallest absolute Gasteiger partial charge is 0.254 e. The number of carbonyl (C=O) groups is 1. The van der Waals surface area contributed by atoms with E-state index in [9.17, 15) is 4.79 Å². The third-order valence-electron chi connectivity index (χ3n) is 3.57. The Morgan fingerprint density at radius 3 is 2.59 bits per heavy atom. The second-order valence-electron chi connectivity index (χ2n) is 5.49. The van der Waals surface area contributed by atoms with Crippen LogP contribution in [0.1, 0.15) is 42.6 Å². The van der Waals surface area contributed by atoms with Crippen LogP contribution in [0.5, 0.6) is 0 Å². The molecule has 0 aromatic heterocycles. The predicted molar refractivity (Wildman–Crippen MR) is 69.9 cm³/mol. The van der Waals surface area contributed by atoms with Crippen molar-refractivity contribution < 1.29 is 4.79 Å². The molecule has 1 aliphatic carbocycles. The summed E-state index contributed by atoms with van der Waals surface area (Å²) >= 11 is 0. The van der Waals surface area contributed by atoms with Crippen molar-refractivity contribution in [2.45, 2.75) is 39.2 Å². The summed E-state index contributed by atoms with van der Waals surface area (Å²) in [6.07, 6.45) is 2.41. The highest BCUT2D eigenvalue weighted by Gasteiger charge is 2.39. The summed E-state index contributed by atoms with van der Waals surface area (Å²) in [5.41, 5.74) is 7.83. The lowest BCUT2D eigenvalue weighted by atomic mass is 9.97. The van der Waals surface area contributed by atoms with Gasteiger partial charge in [-0.25, -0.2) is 0 Å². The zero-order valence-corrected chi connectivity index (χ0v) is 10.7. The monoisotopic (exact) mass is 232 g/mol. The van der Waals surface area contributed by atoms with E-state index >= 15 is 0 Å². The fourth-order valence-electron chi connectivity index (χ4n) is 2.26. The van der Waals surface area contributed by atoms with E-state index in [-0.39, 0.29) is 11.4 Å². The van der Waals surface area contributed by atoms with E-state index in [2.05, 4.69) is 19.2 Å². The van der Waals surface area contributed by atoms with Crippen LogP contribution >= 0.6 is 0 Å². The molecule has 0 unspecified atom stereocenters. The molecule has 0 heterocycles. The average Bonchev–Trinajstić information content (AvgIpc) is 2.98. The van der Waals surface area contributed by atoms with Crippen LogP contribution < -0.4 is 11.1 Å². The largest absolute Gasteiger partial charge is 0.398 e. The fraction of sp³-hybridized carbons (Fsp3) is 0.500. The van der Waals surface area contributed by atoms with Gasteiger partial charge in [0.05, 0.1) is 5.56 Å². The second kappa shape index (κ2) is 4.06. The van der Waals surface area contributed by atoms with E-state index in [0.29, 0.717) is 17.2 Å². The molecule has 2 rings (SSSR count). The Morgan fingerprint density at radius 2 is 2.06 bits per heavy atom. The van der Waals surface area contributed by atoms with E-state index in [0.717, 1.165) is 5.56 Å². The number of anilines is 1. The van der Waals surface area contributed by atoms with Gasteiger partial charge in [0.2, 0.25) is 0 Å². The third kappa shape index (κ3) is 2.43. The van der Waals surface area contributed by atoms with Crippen LogP contribution in [-0.2, 0) is 0 Å². The van der Waals surface area contributed by atoms with Gasteiger partial charge in [-0.15, -0.1) is 0 Å². The molecule has 0 radical (unpaired) electrons. The average molecular weight is 232 g/mol. The maximum absolute atomic E-state index is 12.2. The van der Waals surface area contributed by atoms with Crippen molar-refractivity contribution in [2.24, 2.45) is 5.92 Å². The first-order chi connectivity index (χ1) is 7.92. The van der Waals surface area contributed by atoms with Crippen LogP contribution in [-0.4, -0.2) is 11.4 Å². The number of nitrogens with two attached hydrogens (primary N) is 1. The Hall–Kier alpha value is -1.51. The van der Waals surface area contributed by atoms with Gasteiger partial charge in [0.15, 0.2) is 0 Å². The molecule has 1 aromatic rings. The SMILES string of the molecule is Cc1cccc(N)c1C(=O)NC(C)(C)C1CC1. The molecule has 0 saturated heterocycles. The zero-order valence-electron chi connectivity index (χ0n) is 10.7. The first-order valence-corrected chi connectivity index (χ1v) is 6.09. The first kappa shape index (κ1) is 12.0. The van der Waals surface area contributed by atoms with Gasteiger partial charge < -0.3 is 11.1 Å². The lowest BCUT2D eigenvalue weighted by Crippen LogP contribution is -2.45. The Balaban J connectivity index is 2.20. The predicted octanol–water partition coefficient (Wildman–Crippen LogP) is 2.50. The summed E-state index contributed by atoms with van der Waals surface area (Å²) in [4.78, 5) is 12.2. The minimum Gasteiger partial charge on any atom is -0.398 e. The maximum atomic E-state index is 12.2. The van der Waals surface area contributed by atoms with Gasteiger partial charge >= 0.3 is 0 Å². The molecule has 1 aliphatic rings. The quantitative estimate of drug-likeness (QED) is 0.787. The van der Waals surface area contributed by atoms with Crippen molar-refractivity contribution in [1.29, 1.82) is 0 Å². The van der Waals surface area contributed by atoms with E-state index < -0.39 is 0 Å². The molecule has 1 saturated carbocycles. The standard InChI is InChI=1S/C14H20N2O/c1-9-5-4-6-11(15)12(9)13(17)16-14(2,3)10-7-8-10/h4-6,10H,7-8,15H2,1-3H3,(H,16,17). The Morgan fingerprint density at radius 1 is 1.41 bits per heavy atom. The molecule has 1 amide bonds. The van der Waals surface area contributed by atoms with Crippen LogP contribution in [0, 0.1) is 12.8 Å². The number of rotatable bonds is 3. The number of carbonyl (C=O) groups excluding carboxylic acids is 1.